The van der Waals surface area contributed by atoms with Gasteiger partial charge in [-0.15, -0.1) is 12.4 Å². The van der Waals surface area contributed by atoms with E-state index in [1.54, 1.807) is 19.1 Å². The van der Waals surface area contributed by atoms with E-state index < -0.39 is 12.1 Å². The van der Waals surface area contributed by atoms with Crippen LogP contribution in [0.2, 0.25) is 0 Å². The van der Waals surface area contributed by atoms with Crippen LogP contribution in [0.25, 0.3) is 0 Å². The maximum atomic E-state index is 12.5. The number of amides is 2. The molecule has 0 aliphatic carbocycles. The molecule has 0 spiro atoms. The van der Waals surface area contributed by atoms with Crippen molar-refractivity contribution in [1.82, 2.24) is 10.6 Å². The second-order valence-electron chi connectivity index (χ2n) is 8.03. The molecule has 31 heavy (non-hydrogen) atoms. The Balaban J connectivity index is 0.00000480. The molecule has 0 heterocycles. The molecule has 0 aliphatic heterocycles. The summed E-state index contributed by atoms with van der Waals surface area (Å²) in [6.45, 7) is 7.36. The smallest absolute Gasteiger partial charge is 0.242 e. The van der Waals surface area contributed by atoms with Crippen molar-refractivity contribution in [2.24, 2.45) is 5.73 Å². The zero-order valence-electron chi connectivity index (χ0n) is 18.6. The highest BCUT2D eigenvalue weighted by Crippen LogP contribution is 2.21. The van der Waals surface area contributed by atoms with E-state index in [0.717, 1.165) is 29.5 Å². The molecule has 5 N–H and O–H groups in total. The van der Waals surface area contributed by atoms with Crippen molar-refractivity contribution >= 4 is 24.2 Å². The fourth-order valence-corrected chi connectivity index (χ4v) is 3.46. The largest absolute Gasteiger partial charge is 0.508 e. The first-order chi connectivity index (χ1) is 14.2. The lowest BCUT2D eigenvalue weighted by atomic mass is 9.96. The molecule has 6 nitrogen and oxygen atoms in total. The number of phenolic OH excluding ortho intramolecular Hbond substituents is 1. The molecule has 0 aliphatic rings. The lowest BCUT2D eigenvalue weighted by molar-refractivity contribution is -0.129. The van der Waals surface area contributed by atoms with E-state index in [1.807, 2.05) is 39.0 Å². The van der Waals surface area contributed by atoms with Crippen LogP contribution in [0.1, 0.15) is 42.5 Å². The summed E-state index contributed by atoms with van der Waals surface area (Å²) in [7, 11) is 0. The van der Waals surface area contributed by atoms with Crippen LogP contribution in [-0.4, -0.2) is 35.0 Å². The van der Waals surface area contributed by atoms with Crippen molar-refractivity contribution in [3.8, 4) is 5.75 Å². The van der Waals surface area contributed by atoms with Gasteiger partial charge in [-0.25, -0.2) is 0 Å². The van der Waals surface area contributed by atoms with E-state index in [1.165, 1.54) is 5.56 Å². The van der Waals surface area contributed by atoms with Crippen LogP contribution in [0.15, 0.2) is 42.5 Å². The highest BCUT2D eigenvalue weighted by Gasteiger charge is 2.22. The predicted octanol–water partition coefficient (Wildman–Crippen LogP) is 2.94. The van der Waals surface area contributed by atoms with Gasteiger partial charge in [-0.3, -0.25) is 9.59 Å². The zero-order chi connectivity index (χ0) is 22.3. The average Bonchev–Trinajstić information content (AvgIpc) is 2.69. The summed E-state index contributed by atoms with van der Waals surface area (Å²) in [5.74, 6) is -0.409. The minimum atomic E-state index is -0.780. The monoisotopic (exact) mass is 447 g/mol. The fraction of sp³-hybridized carbons (Fsp3) is 0.417. The highest BCUT2D eigenvalue weighted by atomic mass is 35.5. The van der Waals surface area contributed by atoms with Gasteiger partial charge in [0, 0.05) is 6.04 Å². The van der Waals surface area contributed by atoms with Gasteiger partial charge in [-0.05, 0) is 81.3 Å². The third-order valence-corrected chi connectivity index (χ3v) is 5.29. The lowest BCUT2D eigenvalue weighted by Gasteiger charge is -2.21. The van der Waals surface area contributed by atoms with E-state index in [9.17, 15) is 14.7 Å². The molecule has 0 fully saturated rings. The van der Waals surface area contributed by atoms with E-state index in [4.69, 9.17) is 5.73 Å². The van der Waals surface area contributed by atoms with Crippen molar-refractivity contribution in [2.75, 3.05) is 0 Å². The van der Waals surface area contributed by atoms with E-state index in [-0.39, 0.29) is 36.0 Å². The molecule has 2 aromatic rings. The summed E-state index contributed by atoms with van der Waals surface area (Å²) in [6.07, 6.45) is 2.03. The molecule has 0 bridgehead atoms. The molecule has 2 amide bonds. The van der Waals surface area contributed by atoms with Crippen molar-refractivity contribution in [3.63, 3.8) is 0 Å². The van der Waals surface area contributed by atoms with Crippen LogP contribution >= 0.6 is 12.4 Å². The number of carbonyl (C=O) groups excluding carboxylic acids is 2. The van der Waals surface area contributed by atoms with Gasteiger partial charge in [-0.2, -0.15) is 0 Å². The number of hydrogen-bond acceptors (Lipinski definition) is 4. The molecule has 0 saturated heterocycles. The first-order valence-corrected chi connectivity index (χ1v) is 10.4. The maximum Gasteiger partial charge on any atom is 0.242 e. The molecule has 2 rings (SSSR count). The average molecular weight is 448 g/mol. The minimum Gasteiger partial charge on any atom is -0.508 e. The summed E-state index contributed by atoms with van der Waals surface area (Å²) in [5, 5.41) is 15.3. The van der Waals surface area contributed by atoms with Crippen LogP contribution in [0.4, 0.5) is 0 Å². The number of rotatable bonds is 9. The summed E-state index contributed by atoms with van der Waals surface area (Å²) < 4.78 is 0. The Kier molecular flexibility index (Phi) is 10.5. The van der Waals surface area contributed by atoms with E-state index in [0.29, 0.717) is 6.42 Å². The predicted molar refractivity (Wildman–Crippen MR) is 126 cm³/mol. The standard InChI is InChI=1S/C24H33N3O3.ClH/c1-15-12-20(28)13-16(2)21(15)14-22(25)24(30)27-18(4)23(29)26-17(3)10-11-19-8-6-5-7-9-19;/h5-9,12-13,17-18,22,28H,10-11,14,25H2,1-4H3,(H,26,29)(H,27,30);1H/t17?,18-,22?;/m1./s1. The number of benzene rings is 2. The molecular formula is C24H34ClN3O3. The molecule has 0 aromatic heterocycles. The summed E-state index contributed by atoms with van der Waals surface area (Å²) in [6, 6.07) is 12.0. The molecule has 3 atom stereocenters. The summed E-state index contributed by atoms with van der Waals surface area (Å²) >= 11 is 0. The Morgan fingerprint density at radius 1 is 1.00 bits per heavy atom. The SMILES string of the molecule is Cc1cc(O)cc(C)c1CC(N)C(=O)N[C@H](C)C(=O)NC(C)CCc1ccccc1.Cl. The van der Waals surface area contributed by atoms with Crippen molar-refractivity contribution in [1.29, 1.82) is 0 Å². The number of hydrogen-bond donors (Lipinski definition) is 4. The van der Waals surface area contributed by atoms with Crippen molar-refractivity contribution in [2.45, 2.75) is 65.1 Å². The molecule has 2 aromatic carbocycles. The van der Waals surface area contributed by atoms with Crippen LogP contribution in [0.3, 0.4) is 0 Å². The van der Waals surface area contributed by atoms with Crippen molar-refractivity contribution in [3.05, 3.63) is 64.7 Å². The van der Waals surface area contributed by atoms with Crippen LogP contribution in [0.5, 0.6) is 5.75 Å². The van der Waals surface area contributed by atoms with Crippen LogP contribution in [-0.2, 0) is 22.4 Å². The van der Waals surface area contributed by atoms with Crippen LogP contribution in [0, 0.1) is 13.8 Å². The zero-order valence-corrected chi connectivity index (χ0v) is 19.5. The Morgan fingerprint density at radius 3 is 2.16 bits per heavy atom. The Morgan fingerprint density at radius 2 is 1.58 bits per heavy atom. The van der Waals surface area contributed by atoms with E-state index in [2.05, 4.69) is 22.8 Å². The number of aryl methyl sites for hydroxylation is 3. The summed E-state index contributed by atoms with van der Waals surface area (Å²) in [4.78, 5) is 24.9. The van der Waals surface area contributed by atoms with Gasteiger partial charge in [0.1, 0.15) is 11.8 Å². The van der Waals surface area contributed by atoms with Gasteiger partial charge < -0.3 is 21.5 Å². The molecule has 0 radical (unpaired) electrons. The Bertz CT molecular complexity index is 851. The fourth-order valence-electron chi connectivity index (χ4n) is 3.46. The number of aromatic hydroxyl groups is 1. The van der Waals surface area contributed by atoms with Gasteiger partial charge >= 0.3 is 0 Å². The normalized spacial score (nSPS) is 13.5. The first kappa shape index (κ1) is 26.5. The number of halogens is 1. The van der Waals surface area contributed by atoms with Gasteiger partial charge in [0.25, 0.3) is 0 Å². The Hall–Kier alpha value is -2.57. The first-order valence-electron chi connectivity index (χ1n) is 10.4. The van der Waals surface area contributed by atoms with Gasteiger partial charge in [0.15, 0.2) is 0 Å². The topological polar surface area (TPSA) is 104 Å². The van der Waals surface area contributed by atoms with Crippen molar-refractivity contribution < 1.29 is 14.7 Å². The molecule has 0 saturated carbocycles. The quantitative estimate of drug-likeness (QED) is 0.474. The third kappa shape index (κ3) is 8.23. The van der Waals surface area contributed by atoms with Gasteiger partial charge in [-0.1, -0.05) is 30.3 Å². The second kappa shape index (κ2) is 12.3. The molecule has 170 valence electrons. The Labute approximate surface area is 191 Å². The number of phenols is 1. The number of nitrogens with two attached hydrogens (primary N) is 1. The lowest BCUT2D eigenvalue weighted by Crippen LogP contribution is -2.52. The maximum absolute atomic E-state index is 12.5. The second-order valence-corrected chi connectivity index (χ2v) is 8.03. The number of nitrogens with one attached hydrogen (secondary N) is 2. The van der Waals surface area contributed by atoms with Gasteiger partial charge in [0.2, 0.25) is 11.8 Å². The van der Waals surface area contributed by atoms with Gasteiger partial charge in [0.05, 0.1) is 6.04 Å². The highest BCUT2D eigenvalue weighted by molar-refractivity contribution is 5.89. The minimum absolute atomic E-state index is 0. The summed E-state index contributed by atoms with van der Waals surface area (Å²) in [5.41, 5.74) is 10.0. The molecule has 2 unspecified atom stereocenters. The molecule has 7 heteroatoms. The third-order valence-electron chi connectivity index (χ3n) is 5.29. The van der Waals surface area contributed by atoms with E-state index >= 15 is 0 Å². The number of carbonyl (C=O) groups is 2. The van der Waals surface area contributed by atoms with Crippen LogP contribution < -0.4 is 16.4 Å². The molecular weight excluding hydrogens is 414 g/mol.